The van der Waals surface area contributed by atoms with E-state index in [1.165, 1.54) is 18.4 Å². The summed E-state index contributed by atoms with van der Waals surface area (Å²) in [6.45, 7) is 4.21. The van der Waals surface area contributed by atoms with Crippen LogP contribution in [0.5, 0.6) is 0 Å². The number of amidine groups is 1. The number of nitrogens with zero attached hydrogens (tertiary/aromatic N) is 1. The van der Waals surface area contributed by atoms with Crippen LogP contribution in [0, 0.1) is 6.92 Å². The van der Waals surface area contributed by atoms with Gasteiger partial charge in [-0.05, 0) is 24.7 Å². The molecule has 0 bridgehead atoms. The zero-order valence-electron chi connectivity index (χ0n) is 9.73. The maximum atomic E-state index is 8.73. The number of unbranched alkanes of at least 4 members (excludes halogenated alkanes) is 1. The summed E-state index contributed by atoms with van der Waals surface area (Å²) in [5.41, 5.74) is 7.65. The van der Waals surface area contributed by atoms with E-state index in [4.69, 9.17) is 10.9 Å². The molecule has 0 aliphatic rings. The first kappa shape index (κ1) is 12.9. The van der Waals surface area contributed by atoms with Crippen LogP contribution in [0.25, 0.3) is 0 Å². The lowest BCUT2D eigenvalue weighted by Gasteiger charge is -2.10. The van der Waals surface area contributed by atoms with Gasteiger partial charge in [-0.2, -0.15) is 0 Å². The first-order valence-corrected chi connectivity index (χ1v) is 6.39. The average Bonchev–Trinajstić information content (AvgIpc) is 2.30. The zero-order valence-corrected chi connectivity index (χ0v) is 10.5. The third kappa shape index (κ3) is 3.17. The summed E-state index contributed by atoms with van der Waals surface area (Å²) < 4.78 is 0. The van der Waals surface area contributed by atoms with E-state index in [0.717, 1.165) is 16.2 Å². The molecule has 0 aromatic heterocycles. The fraction of sp³-hybridized carbons (Fsp3) is 0.417. The summed E-state index contributed by atoms with van der Waals surface area (Å²) in [4.78, 5) is 1.12. The number of rotatable bonds is 5. The highest BCUT2D eigenvalue weighted by molar-refractivity contribution is 7.99. The standard InChI is InChI=1S/C12H18N2OS/c1-3-4-8-16-11-9(2)6-5-7-10(11)12(13)14-15/h5-7,15H,3-4,8H2,1-2H3,(H2,13,14). The minimum Gasteiger partial charge on any atom is -0.409 e. The third-order valence-corrected chi connectivity index (χ3v) is 3.66. The molecule has 0 saturated heterocycles. The Labute approximate surface area is 101 Å². The van der Waals surface area contributed by atoms with Crippen LogP contribution in [0.4, 0.5) is 0 Å². The quantitative estimate of drug-likeness (QED) is 0.207. The van der Waals surface area contributed by atoms with Crippen LogP contribution in [0.15, 0.2) is 28.3 Å². The predicted octanol–water partition coefficient (Wildman–Crippen LogP) is 2.98. The molecule has 88 valence electrons. The third-order valence-electron chi connectivity index (χ3n) is 2.34. The molecule has 0 heterocycles. The number of hydrogen-bond acceptors (Lipinski definition) is 3. The molecular weight excluding hydrogens is 220 g/mol. The first-order valence-electron chi connectivity index (χ1n) is 5.41. The molecule has 1 aromatic rings. The van der Waals surface area contributed by atoms with Gasteiger partial charge in [-0.15, -0.1) is 11.8 Å². The van der Waals surface area contributed by atoms with Crippen LogP contribution in [0.2, 0.25) is 0 Å². The molecule has 0 fully saturated rings. The highest BCUT2D eigenvalue weighted by Gasteiger charge is 2.09. The SMILES string of the molecule is CCCCSc1c(C)cccc1/C(N)=N/O. The van der Waals surface area contributed by atoms with Gasteiger partial charge in [-0.25, -0.2) is 0 Å². The van der Waals surface area contributed by atoms with Crippen molar-refractivity contribution in [2.45, 2.75) is 31.6 Å². The van der Waals surface area contributed by atoms with Crippen molar-refractivity contribution in [2.75, 3.05) is 5.75 Å². The van der Waals surface area contributed by atoms with E-state index in [-0.39, 0.29) is 5.84 Å². The zero-order chi connectivity index (χ0) is 12.0. The molecule has 1 rings (SSSR count). The molecule has 0 unspecified atom stereocenters. The molecule has 4 heteroatoms. The maximum Gasteiger partial charge on any atom is 0.171 e. The molecule has 0 radical (unpaired) electrons. The Balaban J connectivity index is 2.95. The van der Waals surface area contributed by atoms with E-state index < -0.39 is 0 Å². The Morgan fingerprint density at radius 2 is 2.25 bits per heavy atom. The van der Waals surface area contributed by atoms with Gasteiger partial charge in [0.25, 0.3) is 0 Å². The molecular formula is C12H18N2OS. The minimum atomic E-state index is 0.183. The molecule has 16 heavy (non-hydrogen) atoms. The fourth-order valence-corrected chi connectivity index (χ4v) is 2.68. The van der Waals surface area contributed by atoms with Crippen LogP contribution in [-0.4, -0.2) is 16.8 Å². The molecule has 3 N–H and O–H groups in total. The van der Waals surface area contributed by atoms with Gasteiger partial charge in [0.05, 0.1) is 0 Å². The van der Waals surface area contributed by atoms with Gasteiger partial charge in [0.2, 0.25) is 0 Å². The van der Waals surface area contributed by atoms with Gasteiger partial charge < -0.3 is 10.9 Å². The normalized spacial score (nSPS) is 11.8. The Morgan fingerprint density at radius 3 is 2.88 bits per heavy atom. The molecule has 0 amide bonds. The molecule has 0 spiro atoms. The largest absolute Gasteiger partial charge is 0.409 e. The summed E-state index contributed by atoms with van der Waals surface area (Å²) in [6.07, 6.45) is 2.35. The molecule has 3 nitrogen and oxygen atoms in total. The lowest BCUT2D eigenvalue weighted by atomic mass is 10.1. The summed E-state index contributed by atoms with van der Waals surface area (Å²) in [5.74, 6) is 1.25. The minimum absolute atomic E-state index is 0.183. The molecule has 0 atom stereocenters. The van der Waals surface area contributed by atoms with Gasteiger partial charge in [0.1, 0.15) is 0 Å². The van der Waals surface area contributed by atoms with Crippen molar-refractivity contribution in [3.05, 3.63) is 29.3 Å². The van der Waals surface area contributed by atoms with E-state index >= 15 is 0 Å². The van der Waals surface area contributed by atoms with Gasteiger partial charge >= 0.3 is 0 Å². The van der Waals surface area contributed by atoms with Gasteiger partial charge in [-0.1, -0.05) is 36.7 Å². The number of nitrogens with two attached hydrogens (primary N) is 1. The lowest BCUT2D eigenvalue weighted by molar-refractivity contribution is 0.318. The number of hydrogen-bond donors (Lipinski definition) is 2. The molecule has 1 aromatic carbocycles. The van der Waals surface area contributed by atoms with Crippen LogP contribution >= 0.6 is 11.8 Å². The fourth-order valence-electron chi connectivity index (χ4n) is 1.42. The molecule has 0 aliphatic heterocycles. The van der Waals surface area contributed by atoms with Crippen LogP contribution < -0.4 is 5.73 Å². The Morgan fingerprint density at radius 1 is 1.50 bits per heavy atom. The Bertz CT molecular complexity index is 377. The Kier molecular flexibility index (Phi) is 5.19. The number of benzene rings is 1. The second kappa shape index (κ2) is 6.43. The van der Waals surface area contributed by atoms with Crippen molar-refractivity contribution in [3.8, 4) is 0 Å². The second-order valence-corrected chi connectivity index (χ2v) is 4.74. The van der Waals surface area contributed by atoms with Crippen molar-refractivity contribution in [1.82, 2.24) is 0 Å². The number of oxime groups is 1. The van der Waals surface area contributed by atoms with Crippen molar-refractivity contribution in [3.63, 3.8) is 0 Å². The van der Waals surface area contributed by atoms with Gasteiger partial charge in [-0.3, -0.25) is 0 Å². The van der Waals surface area contributed by atoms with E-state index in [9.17, 15) is 0 Å². The van der Waals surface area contributed by atoms with Crippen molar-refractivity contribution in [1.29, 1.82) is 0 Å². The molecule has 0 saturated carbocycles. The number of thioether (sulfide) groups is 1. The van der Waals surface area contributed by atoms with Crippen molar-refractivity contribution >= 4 is 17.6 Å². The van der Waals surface area contributed by atoms with Crippen molar-refractivity contribution in [2.24, 2.45) is 10.9 Å². The van der Waals surface area contributed by atoms with E-state index in [2.05, 4.69) is 12.1 Å². The Hall–Kier alpha value is -1.16. The smallest absolute Gasteiger partial charge is 0.171 e. The van der Waals surface area contributed by atoms with E-state index in [0.29, 0.717) is 0 Å². The van der Waals surface area contributed by atoms with E-state index in [1.54, 1.807) is 11.8 Å². The average molecular weight is 238 g/mol. The molecule has 0 aliphatic carbocycles. The monoisotopic (exact) mass is 238 g/mol. The number of aryl methyl sites for hydroxylation is 1. The second-order valence-electron chi connectivity index (χ2n) is 3.64. The first-order chi connectivity index (χ1) is 7.70. The lowest BCUT2D eigenvalue weighted by Crippen LogP contribution is -2.14. The summed E-state index contributed by atoms with van der Waals surface area (Å²) in [5, 5.41) is 11.8. The van der Waals surface area contributed by atoms with Gasteiger partial charge in [0, 0.05) is 10.5 Å². The maximum absolute atomic E-state index is 8.73. The predicted molar refractivity (Wildman–Crippen MR) is 69.3 cm³/mol. The van der Waals surface area contributed by atoms with Crippen LogP contribution in [0.1, 0.15) is 30.9 Å². The highest BCUT2D eigenvalue weighted by Crippen LogP contribution is 2.27. The van der Waals surface area contributed by atoms with Crippen LogP contribution in [0.3, 0.4) is 0 Å². The van der Waals surface area contributed by atoms with E-state index in [1.807, 2.05) is 25.1 Å². The van der Waals surface area contributed by atoms with Crippen LogP contribution in [-0.2, 0) is 0 Å². The topological polar surface area (TPSA) is 58.6 Å². The summed E-state index contributed by atoms with van der Waals surface area (Å²) in [7, 11) is 0. The summed E-state index contributed by atoms with van der Waals surface area (Å²) >= 11 is 1.77. The van der Waals surface area contributed by atoms with Crippen molar-refractivity contribution < 1.29 is 5.21 Å². The van der Waals surface area contributed by atoms with Gasteiger partial charge in [0.15, 0.2) is 5.84 Å². The summed E-state index contributed by atoms with van der Waals surface area (Å²) in [6, 6.07) is 5.85. The highest BCUT2D eigenvalue weighted by atomic mass is 32.2.